The van der Waals surface area contributed by atoms with Crippen LogP contribution < -0.4 is 10.2 Å². The lowest BCUT2D eigenvalue weighted by Crippen LogP contribution is -2.30. The topological polar surface area (TPSA) is 41.6 Å². The van der Waals surface area contributed by atoms with Gasteiger partial charge in [-0.3, -0.25) is 4.79 Å². The van der Waals surface area contributed by atoms with Gasteiger partial charge in [0.1, 0.15) is 6.10 Å². The molecule has 0 radical (unpaired) electrons. The summed E-state index contributed by atoms with van der Waals surface area (Å²) in [5.74, 6) is -0.368. The second-order valence-corrected chi connectivity index (χ2v) is 6.62. The van der Waals surface area contributed by atoms with Crippen LogP contribution in [0.15, 0.2) is 18.2 Å². The summed E-state index contributed by atoms with van der Waals surface area (Å²) in [4.78, 5) is 14.4. The molecule has 1 aromatic rings. The van der Waals surface area contributed by atoms with Crippen molar-refractivity contribution in [2.45, 2.75) is 50.8 Å². The summed E-state index contributed by atoms with van der Waals surface area (Å²) in [6, 6.07) is 3.59. The minimum Gasteiger partial charge on any atom is -0.370 e. The minimum absolute atomic E-state index is 0.220. The molecule has 7 heteroatoms. The van der Waals surface area contributed by atoms with E-state index in [2.05, 4.69) is 10.2 Å². The zero-order chi connectivity index (χ0) is 17.9. The number of nitrogens with one attached hydrogen (secondary N) is 1. The number of carbonyl (C=O) groups is 1. The SMILES string of the molecule is O=C(Nc1cc(C(F)(F)F)ccc1N1CCCCCC1)C1CCCO1. The maximum atomic E-state index is 13.1. The van der Waals surface area contributed by atoms with E-state index < -0.39 is 17.8 Å². The molecule has 0 saturated carbocycles. The summed E-state index contributed by atoms with van der Waals surface area (Å²) in [5, 5.41) is 2.68. The Bertz CT molecular complexity index is 605. The Morgan fingerprint density at radius 3 is 2.44 bits per heavy atom. The van der Waals surface area contributed by atoms with Gasteiger partial charge >= 0.3 is 6.18 Å². The third kappa shape index (κ3) is 4.45. The van der Waals surface area contributed by atoms with E-state index in [0.717, 1.165) is 57.3 Å². The van der Waals surface area contributed by atoms with Crippen molar-refractivity contribution in [3.8, 4) is 0 Å². The quantitative estimate of drug-likeness (QED) is 0.882. The van der Waals surface area contributed by atoms with Crippen molar-refractivity contribution in [1.82, 2.24) is 0 Å². The fraction of sp³-hybridized carbons (Fsp3) is 0.611. The number of anilines is 2. The molecule has 1 N–H and O–H groups in total. The first-order valence-corrected chi connectivity index (χ1v) is 8.84. The van der Waals surface area contributed by atoms with E-state index in [1.54, 1.807) is 0 Å². The maximum absolute atomic E-state index is 13.1. The molecule has 138 valence electrons. The summed E-state index contributed by atoms with van der Waals surface area (Å²) in [6.07, 6.45) is 0.611. The predicted molar refractivity (Wildman–Crippen MR) is 89.7 cm³/mol. The Morgan fingerprint density at radius 2 is 1.84 bits per heavy atom. The first kappa shape index (κ1) is 18.0. The van der Waals surface area contributed by atoms with Crippen molar-refractivity contribution >= 4 is 17.3 Å². The van der Waals surface area contributed by atoms with Crippen molar-refractivity contribution in [2.75, 3.05) is 29.9 Å². The van der Waals surface area contributed by atoms with Crippen LogP contribution in [0.5, 0.6) is 0 Å². The third-order valence-electron chi connectivity index (χ3n) is 4.75. The van der Waals surface area contributed by atoms with Crippen LogP contribution >= 0.6 is 0 Å². The van der Waals surface area contributed by atoms with Crippen LogP contribution in [0.4, 0.5) is 24.5 Å². The van der Waals surface area contributed by atoms with Crippen molar-refractivity contribution in [2.24, 2.45) is 0 Å². The van der Waals surface area contributed by atoms with Crippen molar-refractivity contribution < 1.29 is 22.7 Å². The Morgan fingerprint density at radius 1 is 1.12 bits per heavy atom. The van der Waals surface area contributed by atoms with Crippen LogP contribution in [-0.4, -0.2) is 31.7 Å². The van der Waals surface area contributed by atoms with Crippen molar-refractivity contribution in [3.05, 3.63) is 23.8 Å². The number of alkyl halides is 3. The first-order chi connectivity index (χ1) is 11.9. The van der Waals surface area contributed by atoms with E-state index in [9.17, 15) is 18.0 Å². The van der Waals surface area contributed by atoms with Gasteiger partial charge in [0, 0.05) is 19.7 Å². The Labute approximate surface area is 145 Å². The average Bonchev–Trinajstić information content (AvgIpc) is 2.97. The number of ether oxygens (including phenoxy) is 1. The lowest BCUT2D eigenvalue weighted by Gasteiger charge is -2.26. The Kier molecular flexibility index (Phi) is 5.51. The van der Waals surface area contributed by atoms with Gasteiger partial charge in [-0.05, 0) is 43.9 Å². The lowest BCUT2D eigenvalue weighted by molar-refractivity contribution is -0.137. The van der Waals surface area contributed by atoms with Gasteiger partial charge in [-0.1, -0.05) is 12.8 Å². The molecular formula is C18H23F3N2O2. The molecular weight excluding hydrogens is 333 g/mol. The van der Waals surface area contributed by atoms with E-state index in [-0.39, 0.29) is 11.6 Å². The molecule has 0 bridgehead atoms. The molecule has 0 spiro atoms. The molecule has 1 atom stereocenters. The highest BCUT2D eigenvalue weighted by molar-refractivity contribution is 5.97. The molecule has 4 nitrogen and oxygen atoms in total. The molecule has 3 rings (SSSR count). The number of nitrogens with zero attached hydrogens (tertiary/aromatic N) is 1. The van der Waals surface area contributed by atoms with Gasteiger partial charge in [0.05, 0.1) is 16.9 Å². The van der Waals surface area contributed by atoms with Gasteiger partial charge in [0.2, 0.25) is 0 Å². The molecule has 2 aliphatic rings. The van der Waals surface area contributed by atoms with Gasteiger partial charge in [-0.2, -0.15) is 13.2 Å². The van der Waals surface area contributed by atoms with E-state index in [4.69, 9.17) is 4.74 Å². The smallest absolute Gasteiger partial charge is 0.370 e. The van der Waals surface area contributed by atoms with Crippen LogP contribution in [0.3, 0.4) is 0 Å². The number of hydrogen-bond acceptors (Lipinski definition) is 3. The normalized spacial score (nSPS) is 21.9. The van der Waals surface area contributed by atoms with E-state index in [0.29, 0.717) is 18.7 Å². The van der Waals surface area contributed by atoms with Crippen LogP contribution in [-0.2, 0) is 15.7 Å². The molecule has 2 aliphatic heterocycles. The molecule has 0 aliphatic carbocycles. The second-order valence-electron chi connectivity index (χ2n) is 6.62. The molecule has 0 aromatic heterocycles. The standard InChI is InChI=1S/C18H23F3N2O2/c19-18(20,21)13-7-8-15(23-9-3-1-2-4-10-23)14(12-13)22-17(24)16-6-5-11-25-16/h7-8,12,16H,1-6,9-11H2,(H,22,24). The third-order valence-corrected chi connectivity index (χ3v) is 4.75. The Balaban J connectivity index is 1.88. The molecule has 1 aromatic carbocycles. The summed E-state index contributed by atoms with van der Waals surface area (Å²) in [7, 11) is 0. The predicted octanol–water partition coefficient (Wildman–Crippen LogP) is 4.20. The van der Waals surface area contributed by atoms with Crippen LogP contribution in [0.1, 0.15) is 44.1 Å². The molecule has 25 heavy (non-hydrogen) atoms. The molecule has 2 saturated heterocycles. The zero-order valence-corrected chi connectivity index (χ0v) is 14.1. The highest BCUT2D eigenvalue weighted by Crippen LogP contribution is 2.36. The minimum atomic E-state index is -4.44. The largest absolute Gasteiger partial charge is 0.416 e. The van der Waals surface area contributed by atoms with Crippen molar-refractivity contribution in [3.63, 3.8) is 0 Å². The van der Waals surface area contributed by atoms with E-state index >= 15 is 0 Å². The molecule has 2 heterocycles. The fourth-order valence-electron chi connectivity index (χ4n) is 3.40. The molecule has 2 fully saturated rings. The van der Waals surface area contributed by atoms with Crippen LogP contribution in [0, 0.1) is 0 Å². The van der Waals surface area contributed by atoms with Gasteiger partial charge in [0.15, 0.2) is 0 Å². The fourth-order valence-corrected chi connectivity index (χ4v) is 3.40. The Hall–Kier alpha value is -1.76. The highest BCUT2D eigenvalue weighted by Gasteiger charge is 2.32. The van der Waals surface area contributed by atoms with Crippen LogP contribution in [0.25, 0.3) is 0 Å². The first-order valence-electron chi connectivity index (χ1n) is 8.84. The molecule has 1 unspecified atom stereocenters. The number of rotatable bonds is 3. The zero-order valence-electron chi connectivity index (χ0n) is 14.1. The van der Waals surface area contributed by atoms with Gasteiger partial charge in [-0.25, -0.2) is 0 Å². The van der Waals surface area contributed by atoms with E-state index in [1.807, 2.05) is 0 Å². The number of hydrogen-bond donors (Lipinski definition) is 1. The summed E-state index contributed by atoms with van der Waals surface area (Å²) >= 11 is 0. The summed E-state index contributed by atoms with van der Waals surface area (Å²) in [6.45, 7) is 2.09. The average molecular weight is 356 g/mol. The number of amides is 1. The monoisotopic (exact) mass is 356 g/mol. The summed E-state index contributed by atoms with van der Waals surface area (Å²) in [5.41, 5.74) is 0.118. The lowest BCUT2D eigenvalue weighted by atomic mass is 10.1. The van der Waals surface area contributed by atoms with Gasteiger partial charge < -0.3 is 15.0 Å². The van der Waals surface area contributed by atoms with Gasteiger partial charge in [-0.15, -0.1) is 0 Å². The maximum Gasteiger partial charge on any atom is 0.416 e. The van der Waals surface area contributed by atoms with Crippen molar-refractivity contribution in [1.29, 1.82) is 0 Å². The highest BCUT2D eigenvalue weighted by atomic mass is 19.4. The second kappa shape index (κ2) is 7.64. The number of benzene rings is 1. The summed E-state index contributed by atoms with van der Waals surface area (Å²) < 4.78 is 44.6. The van der Waals surface area contributed by atoms with Gasteiger partial charge in [0.25, 0.3) is 5.91 Å². The van der Waals surface area contributed by atoms with E-state index in [1.165, 1.54) is 6.07 Å². The molecule has 1 amide bonds. The van der Waals surface area contributed by atoms with Crippen LogP contribution in [0.2, 0.25) is 0 Å². The number of carbonyl (C=O) groups excluding carboxylic acids is 1. The number of halogens is 3.